The molecule has 0 aromatic carbocycles. The standard InChI is InChI=1S/C12H14N4O3S/c1-7(11(18)14-6-8-3-2-4-19-8)20-12-15-9(13)5-10(17)16-12/h2-5,7H,6H2,1H3,(H,14,18)(H3,13,15,16,17). The van der Waals surface area contributed by atoms with Gasteiger partial charge < -0.3 is 20.5 Å². The Balaban J connectivity index is 1.91. The lowest BCUT2D eigenvalue weighted by Gasteiger charge is -2.10. The van der Waals surface area contributed by atoms with E-state index in [0.717, 1.165) is 11.8 Å². The predicted octanol–water partition coefficient (Wildman–Crippen LogP) is 0.742. The number of nitrogens with two attached hydrogens (primary N) is 1. The summed E-state index contributed by atoms with van der Waals surface area (Å²) < 4.78 is 5.12. The lowest BCUT2D eigenvalue weighted by Crippen LogP contribution is -2.30. The number of aromatic nitrogens is 2. The molecular weight excluding hydrogens is 280 g/mol. The molecule has 0 saturated heterocycles. The zero-order valence-corrected chi connectivity index (χ0v) is 11.6. The SMILES string of the molecule is CC(Sc1nc(N)cc(=O)[nH]1)C(=O)NCc1ccco1. The summed E-state index contributed by atoms with van der Waals surface area (Å²) in [4.78, 5) is 29.6. The van der Waals surface area contributed by atoms with Crippen LogP contribution in [0.4, 0.5) is 5.82 Å². The topological polar surface area (TPSA) is 114 Å². The van der Waals surface area contributed by atoms with Crippen molar-refractivity contribution >= 4 is 23.5 Å². The van der Waals surface area contributed by atoms with Gasteiger partial charge in [-0.2, -0.15) is 0 Å². The van der Waals surface area contributed by atoms with Crippen molar-refractivity contribution in [2.75, 3.05) is 5.73 Å². The zero-order valence-electron chi connectivity index (χ0n) is 10.8. The Bertz CT molecular complexity index is 638. The number of hydrogen-bond acceptors (Lipinski definition) is 6. The maximum Gasteiger partial charge on any atom is 0.253 e. The Morgan fingerprint density at radius 3 is 3.10 bits per heavy atom. The van der Waals surface area contributed by atoms with Gasteiger partial charge >= 0.3 is 0 Å². The predicted molar refractivity (Wildman–Crippen MR) is 75.1 cm³/mol. The van der Waals surface area contributed by atoms with E-state index in [-0.39, 0.29) is 17.3 Å². The maximum absolute atomic E-state index is 11.9. The van der Waals surface area contributed by atoms with Gasteiger partial charge in [0.15, 0.2) is 5.16 Å². The minimum Gasteiger partial charge on any atom is -0.467 e. The van der Waals surface area contributed by atoms with E-state index in [1.807, 2.05) is 0 Å². The lowest BCUT2D eigenvalue weighted by atomic mass is 10.4. The highest BCUT2D eigenvalue weighted by atomic mass is 32.2. The Morgan fingerprint density at radius 2 is 2.45 bits per heavy atom. The molecule has 0 aliphatic heterocycles. The van der Waals surface area contributed by atoms with Crippen LogP contribution in [0.1, 0.15) is 12.7 Å². The summed E-state index contributed by atoms with van der Waals surface area (Å²) in [5.74, 6) is 0.613. The van der Waals surface area contributed by atoms with Gasteiger partial charge in [-0.05, 0) is 19.1 Å². The number of carbonyl (C=O) groups is 1. The molecule has 4 N–H and O–H groups in total. The molecule has 0 aliphatic rings. The molecule has 7 nitrogen and oxygen atoms in total. The molecular formula is C12H14N4O3S. The van der Waals surface area contributed by atoms with E-state index in [1.165, 1.54) is 6.07 Å². The number of hydrogen-bond donors (Lipinski definition) is 3. The summed E-state index contributed by atoms with van der Waals surface area (Å²) in [7, 11) is 0. The average molecular weight is 294 g/mol. The van der Waals surface area contributed by atoms with Crippen LogP contribution in [0, 0.1) is 0 Å². The number of rotatable bonds is 5. The van der Waals surface area contributed by atoms with Gasteiger partial charge in [-0.25, -0.2) is 4.98 Å². The number of amides is 1. The van der Waals surface area contributed by atoms with Crippen LogP contribution in [0.25, 0.3) is 0 Å². The number of anilines is 1. The number of thioether (sulfide) groups is 1. The van der Waals surface area contributed by atoms with Gasteiger partial charge in [-0.3, -0.25) is 9.59 Å². The van der Waals surface area contributed by atoms with Gasteiger partial charge in [0.05, 0.1) is 18.1 Å². The van der Waals surface area contributed by atoms with Gasteiger partial charge in [0.1, 0.15) is 11.6 Å². The second kappa shape index (κ2) is 6.29. The van der Waals surface area contributed by atoms with Gasteiger partial charge in [0, 0.05) is 6.07 Å². The van der Waals surface area contributed by atoms with E-state index < -0.39 is 5.25 Å². The van der Waals surface area contributed by atoms with Crippen molar-refractivity contribution in [2.45, 2.75) is 23.9 Å². The van der Waals surface area contributed by atoms with Crippen molar-refractivity contribution in [3.05, 3.63) is 40.6 Å². The molecule has 0 radical (unpaired) electrons. The molecule has 1 atom stereocenters. The molecule has 1 amide bonds. The highest BCUT2D eigenvalue weighted by Crippen LogP contribution is 2.18. The summed E-state index contributed by atoms with van der Waals surface area (Å²) in [6.45, 7) is 2.03. The fourth-order valence-electron chi connectivity index (χ4n) is 1.46. The van der Waals surface area contributed by atoms with E-state index in [9.17, 15) is 9.59 Å². The number of nitrogens with zero attached hydrogens (tertiary/aromatic N) is 1. The zero-order chi connectivity index (χ0) is 14.5. The Labute approximate surface area is 119 Å². The number of nitrogens with one attached hydrogen (secondary N) is 2. The Kier molecular flexibility index (Phi) is 4.46. The van der Waals surface area contributed by atoms with Crippen molar-refractivity contribution in [2.24, 2.45) is 0 Å². The van der Waals surface area contributed by atoms with Crippen molar-refractivity contribution in [1.29, 1.82) is 0 Å². The highest BCUT2D eigenvalue weighted by Gasteiger charge is 2.16. The molecule has 0 bridgehead atoms. The Morgan fingerprint density at radius 1 is 1.65 bits per heavy atom. The molecule has 0 saturated carbocycles. The van der Waals surface area contributed by atoms with E-state index in [0.29, 0.717) is 17.5 Å². The second-order valence-electron chi connectivity index (χ2n) is 4.03. The van der Waals surface area contributed by atoms with E-state index >= 15 is 0 Å². The summed E-state index contributed by atoms with van der Waals surface area (Å²) >= 11 is 1.13. The largest absolute Gasteiger partial charge is 0.467 e. The maximum atomic E-state index is 11.9. The normalized spacial score (nSPS) is 12.1. The third kappa shape index (κ3) is 3.89. The molecule has 2 rings (SSSR count). The van der Waals surface area contributed by atoms with E-state index in [1.54, 1.807) is 25.3 Å². The summed E-state index contributed by atoms with van der Waals surface area (Å²) in [5.41, 5.74) is 5.13. The molecule has 0 fully saturated rings. The number of aromatic amines is 1. The van der Waals surface area contributed by atoms with Crippen LogP contribution in [-0.2, 0) is 11.3 Å². The van der Waals surface area contributed by atoms with Crippen LogP contribution in [0.5, 0.6) is 0 Å². The fourth-order valence-corrected chi connectivity index (χ4v) is 2.30. The molecule has 106 valence electrons. The lowest BCUT2D eigenvalue weighted by molar-refractivity contribution is -0.120. The van der Waals surface area contributed by atoms with Crippen LogP contribution in [0.2, 0.25) is 0 Å². The van der Waals surface area contributed by atoms with Gasteiger partial charge in [-0.1, -0.05) is 11.8 Å². The molecule has 8 heteroatoms. The van der Waals surface area contributed by atoms with Gasteiger partial charge in [0.25, 0.3) is 5.56 Å². The summed E-state index contributed by atoms with van der Waals surface area (Å²) in [5, 5.41) is 2.62. The summed E-state index contributed by atoms with van der Waals surface area (Å²) in [6, 6.07) is 4.71. The van der Waals surface area contributed by atoms with Crippen LogP contribution in [-0.4, -0.2) is 21.1 Å². The number of carbonyl (C=O) groups excluding carboxylic acids is 1. The van der Waals surface area contributed by atoms with Crippen molar-refractivity contribution in [3.63, 3.8) is 0 Å². The average Bonchev–Trinajstić information content (AvgIpc) is 2.87. The number of furan rings is 1. The minimum absolute atomic E-state index is 0.124. The molecule has 20 heavy (non-hydrogen) atoms. The van der Waals surface area contributed by atoms with E-state index in [4.69, 9.17) is 10.2 Å². The van der Waals surface area contributed by atoms with Crippen LogP contribution < -0.4 is 16.6 Å². The molecule has 2 heterocycles. The minimum atomic E-state index is -0.421. The van der Waals surface area contributed by atoms with Crippen molar-refractivity contribution in [1.82, 2.24) is 15.3 Å². The molecule has 0 spiro atoms. The van der Waals surface area contributed by atoms with Crippen LogP contribution >= 0.6 is 11.8 Å². The second-order valence-corrected chi connectivity index (χ2v) is 5.36. The van der Waals surface area contributed by atoms with E-state index in [2.05, 4.69) is 15.3 Å². The number of nitrogen functional groups attached to an aromatic ring is 1. The molecule has 1 unspecified atom stereocenters. The molecule has 0 aliphatic carbocycles. The highest BCUT2D eigenvalue weighted by molar-refractivity contribution is 8.00. The van der Waals surface area contributed by atoms with Crippen molar-refractivity contribution in [3.8, 4) is 0 Å². The number of H-pyrrole nitrogens is 1. The molecule has 2 aromatic heterocycles. The van der Waals surface area contributed by atoms with Crippen molar-refractivity contribution < 1.29 is 9.21 Å². The van der Waals surface area contributed by atoms with Gasteiger partial charge in [0.2, 0.25) is 5.91 Å². The van der Waals surface area contributed by atoms with Gasteiger partial charge in [-0.15, -0.1) is 0 Å². The van der Waals surface area contributed by atoms with Crippen LogP contribution in [0.3, 0.4) is 0 Å². The Hall–Kier alpha value is -2.22. The monoisotopic (exact) mass is 294 g/mol. The first kappa shape index (κ1) is 14.2. The first-order chi connectivity index (χ1) is 9.54. The fraction of sp³-hybridized carbons (Fsp3) is 0.250. The smallest absolute Gasteiger partial charge is 0.253 e. The first-order valence-electron chi connectivity index (χ1n) is 5.88. The first-order valence-corrected chi connectivity index (χ1v) is 6.76. The van der Waals surface area contributed by atoms with Crippen LogP contribution in [0.15, 0.2) is 38.8 Å². The third-order valence-electron chi connectivity index (χ3n) is 2.41. The summed E-state index contributed by atoms with van der Waals surface area (Å²) in [6.07, 6.45) is 1.54. The quantitative estimate of drug-likeness (QED) is 0.553. The third-order valence-corrected chi connectivity index (χ3v) is 3.40. The molecule has 2 aromatic rings.